The van der Waals surface area contributed by atoms with Crippen LogP contribution in [-0.2, 0) is 0 Å². The van der Waals surface area contributed by atoms with Crippen molar-refractivity contribution in [3.05, 3.63) is 11.6 Å². The molecule has 2 heteroatoms. The van der Waals surface area contributed by atoms with Crippen molar-refractivity contribution in [3.63, 3.8) is 0 Å². The Labute approximate surface area is 86.2 Å². The third-order valence-electron chi connectivity index (χ3n) is 4.47. The van der Waals surface area contributed by atoms with E-state index in [2.05, 4.69) is 19.9 Å². The van der Waals surface area contributed by atoms with Crippen LogP contribution in [0.3, 0.4) is 0 Å². The molecule has 0 spiro atoms. The molecule has 0 amide bonds. The topological polar surface area (TPSA) is 46.2 Å². The van der Waals surface area contributed by atoms with Crippen molar-refractivity contribution in [2.24, 2.45) is 17.1 Å². The van der Waals surface area contributed by atoms with Crippen molar-refractivity contribution in [2.45, 2.75) is 51.7 Å². The minimum Gasteiger partial charge on any atom is -0.393 e. The average Bonchev–Trinajstić information content (AvgIpc) is 2.16. The van der Waals surface area contributed by atoms with E-state index in [1.807, 2.05) is 0 Å². The lowest BCUT2D eigenvalue weighted by Crippen LogP contribution is -2.46. The van der Waals surface area contributed by atoms with Crippen LogP contribution in [0, 0.1) is 11.3 Å². The maximum absolute atomic E-state index is 9.64. The van der Waals surface area contributed by atoms with Crippen LogP contribution in [0.15, 0.2) is 11.6 Å². The molecule has 0 aromatic rings. The first-order chi connectivity index (χ1) is 6.54. The summed E-state index contributed by atoms with van der Waals surface area (Å²) in [6.45, 7) is 4.57. The van der Waals surface area contributed by atoms with Gasteiger partial charge in [-0.15, -0.1) is 0 Å². The highest BCUT2D eigenvalue weighted by atomic mass is 16.3. The number of hydrogen-bond acceptors (Lipinski definition) is 2. The van der Waals surface area contributed by atoms with Gasteiger partial charge in [-0.05, 0) is 37.0 Å². The summed E-state index contributed by atoms with van der Waals surface area (Å²) in [5.41, 5.74) is 7.81. The minimum atomic E-state index is -0.115. The summed E-state index contributed by atoms with van der Waals surface area (Å²) in [6, 6.07) is 0.305. The zero-order chi connectivity index (χ0) is 10.3. The van der Waals surface area contributed by atoms with Crippen molar-refractivity contribution in [1.29, 1.82) is 0 Å². The fourth-order valence-electron chi connectivity index (χ4n) is 3.01. The number of fused-ring (bicyclic) bond motifs is 1. The van der Waals surface area contributed by atoms with Gasteiger partial charge in [-0.25, -0.2) is 0 Å². The third-order valence-corrected chi connectivity index (χ3v) is 4.47. The fraction of sp³-hybridized carbons (Fsp3) is 0.833. The fourth-order valence-corrected chi connectivity index (χ4v) is 3.01. The summed E-state index contributed by atoms with van der Waals surface area (Å²) in [4.78, 5) is 0. The van der Waals surface area contributed by atoms with Crippen LogP contribution < -0.4 is 5.73 Å². The summed E-state index contributed by atoms with van der Waals surface area (Å²) in [5, 5.41) is 9.64. The molecule has 4 unspecified atom stereocenters. The first kappa shape index (κ1) is 10.2. The minimum absolute atomic E-state index is 0.115. The highest BCUT2D eigenvalue weighted by Crippen LogP contribution is 2.49. The molecule has 14 heavy (non-hydrogen) atoms. The van der Waals surface area contributed by atoms with E-state index in [-0.39, 0.29) is 11.5 Å². The molecule has 2 aliphatic rings. The molecule has 0 heterocycles. The Morgan fingerprint density at radius 2 is 2.29 bits per heavy atom. The first-order valence-electron chi connectivity index (χ1n) is 5.67. The van der Waals surface area contributed by atoms with Gasteiger partial charge in [0.1, 0.15) is 0 Å². The smallest absolute Gasteiger partial charge is 0.0577 e. The second-order valence-electron chi connectivity index (χ2n) is 5.23. The Hall–Kier alpha value is -0.340. The maximum atomic E-state index is 9.64. The van der Waals surface area contributed by atoms with Gasteiger partial charge in [0.2, 0.25) is 0 Å². The van der Waals surface area contributed by atoms with Gasteiger partial charge >= 0.3 is 0 Å². The maximum Gasteiger partial charge on any atom is 0.0577 e. The van der Waals surface area contributed by atoms with Crippen LogP contribution >= 0.6 is 0 Å². The molecule has 0 bridgehead atoms. The summed E-state index contributed by atoms with van der Waals surface area (Å²) < 4.78 is 0. The van der Waals surface area contributed by atoms with Crippen LogP contribution in [0.25, 0.3) is 0 Å². The van der Waals surface area contributed by atoms with Gasteiger partial charge in [0.25, 0.3) is 0 Å². The van der Waals surface area contributed by atoms with Crippen LogP contribution in [-0.4, -0.2) is 17.3 Å². The van der Waals surface area contributed by atoms with Crippen molar-refractivity contribution in [3.8, 4) is 0 Å². The molecule has 0 saturated heterocycles. The van der Waals surface area contributed by atoms with Crippen molar-refractivity contribution in [2.75, 3.05) is 0 Å². The molecule has 2 aliphatic carbocycles. The molecule has 0 radical (unpaired) electrons. The van der Waals surface area contributed by atoms with E-state index in [1.165, 1.54) is 5.57 Å². The molecule has 1 fully saturated rings. The van der Waals surface area contributed by atoms with Gasteiger partial charge < -0.3 is 10.8 Å². The van der Waals surface area contributed by atoms with E-state index < -0.39 is 0 Å². The van der Waals surface area contributed by atoms with E-state index >= 15 is 0 Å². The average molecular weight is 195 g/mol. The van der Waals surface area contributed by atoms with Gasteiger partial charge in [-0.1, -0.05) is 25.5 Å². The largest absolute Gasteiger partial charge is 0.393 e. The van der Waals surface area contributed by atoms with E-state index in [1.54, 1.807) is 0 Å². The molecular formula is C12H21NO. The standard InChI is InChI=1S/C12H21NO/c1-8-11(13)4-3-9-7-10(14)5-6-12(8,9)2/h3,8,10-11,14H,4-7,13H2,1-2H3. The number of aliphatic hydroxyl groups is 1. The van der Waals surface area contributed by atoms with Crippen LogP contribution in [0.2, 0.25) is 0 Å². The zero-order valence-electron chi connectivity index (χ0n) is 9.16. The van der Waals surface area contributed by atoms with Gasteiger partial charge in [0.05, 0.1) is 6.10 Å². The number of aliphatic hydroxyl groups excluding tert-OH is 1. The predicted octanol–water partition coefficient (Wildman–Crippen LogP) is 1.83. The van der Waals surface area contributed by atoms with Gasteiger partial charge in [0.15, 0.2) is 0 Å². The van der Waals surface area contributed by atoms with Gasteiger partial charge in [-0.3, -0.25) is 0 Å². The Balaban J connectivity index is 2.28. The molecule has 1 saturated carbocycles. The van der Waals surface area contributed by atoms with E-state index in [0.717, 1.165) is 25.7 Å². The number of nitrogens with two attached hydrogens (primary N) is 1. The molecule has 0 aromatic carbocycles. The number of rotatable bonds is 0. The Kier molecular flexibility index (Phi) is 2.44. The normalized spacial score (nSPS) is 48.3. The summed E-state index contributed by atoms with van der Waals surface area (Å²) in [6.07, 6.45) is 6.04. The Morgan fingerprint density at radius 3 is 3.00 bits per heavy atom. The van der Waals surface area contributed by atoms with Crippen LogP contribution in [0.4, 0.5) is 0 Å². The lowest BCUT2D eigenvalue weighted by molar-refractivity contribution is 0.0737. The van der Waals surface area contributed by atoms with Crippen LogP contribution in [0.1, 0.15) is 39.5 Å². The molecule has 2 rings (SSSR count). The highest BCUT2D eigenvalue weighted by Gasteiger charge is 2.43. The van der Waals surface area contributed by atoms with E-state index in [4.69, 9.17) is 5.73 Å². The quantitative estimate of drug-likeness (QED) is 0.579. The molecule has 2 nitrogen and oxygen atoms in total. The molecule has 80 valence electrons. The Bertz CT molecular complexity index is 261. The lowest BCUT2D eigenvalue weighted by atomic mass is 9.59. The first-order valence-corrected chi connectivity index (χ1v) is 5.67. The lowest BCUT2D eigenvalue weighted by Gasteiger charge is -2.48. The molecular weight excluding hydrogens is 174 g/mol. The van der Waals surface area contributed by atoms with E-state index in [9.17, 15) is 5.11 Å². The molecule has 3 N–H and O–H groups in total. The monoisotopic (exact) mass is 195 g/mol. The highest BCUT2D eigenvalue weighted by molar-refractivity contribution is 5.23. The van der Waals surface area contributed by atoms with Crippen molar-refractivity contribution in [1.82, 2.24) is 0 Å². The van der Waals surface area contributed by atoms with Crippen LogP contribution in [0.5, 0.6) is 0 Å². The summed E-state index contributed by atoms with van der Waals surface area (Å²) >= 11 is 0. The predicted molar refractivity (Wildman–Crippen MR) is 57.8 cm³/mol. The third kappa shape index (κ3) is 1.41. The zero-order valence-corrected chi connectivity index (χ0v) is 9.16. The van der Waals surface area contributed by atoms with E-state index in [0.29, 0.717) is 12.0 Å². The second kappa shape index (κ2) is 3.35. The van der Waals surface area contributed by atoms with Gasteiger partial charge in [-0.2, -0.15) is 0 Å². The molecule has 0 aromatic heterocycles. The number of hydrogen-bond donors (Lipinski definition) is 2. The van der Waals surface area contributed by atoms with Crippen molar-refractivity contribution < 1.29 is 5.11 Å². The molecule has 4 atom stereocenters. The second-order valence-corrected chi connectivity index (χ2v) is 5.23. The van der Waals surface area contributed by atoms with Gasteiger partial charge in [0, 0.05) is 6.04 Å². The summed E-state index contributed by atoms with van der Waals surface area (Å²) in [5.74, 6) is 0.551. The Morgan fingerprint density at radius 1 is 1.57 bits per heavy atom. The SMILES string of the molecule is CC1C(N)CC=C2CC(O)CCC21C. The summed E-state index contributed by atoms with van der Waals surface area (Å²) in [7, 11) is 0. The molecule has 0 aliphatic heterocycles. The van der Waals surface area contributed by atoms with Crippen molar-refractivity contribution >= 4 is 0 Å².